The summed E-state index contributed by atoms with van der Waals surface area (Å²) in [7, 11) is 0. The van der Waals surface area contributed by atoms with Crippen LogP contribution in [0.15, 0.2) is 125 Å². The Kier molecular flexibility index (Phi) is 11.5. The molecule has 0 bridgehead atoms. The Labute approximate surface area is 268 Å². The molecule has 0 unspecified atom stereocenters. The van der Waals surface area contributed by atoms with Gasteiger partial charge in [-0.15, -0.1) is 0 Å². The van der Waals surface area contributed by atoms with Crippen molar-refractivity contribution in [3.05, 3.63) is 148 Å². The summed E-state index contributed by atoms with van der Waals surface area (Å²) in [5, 5.41) is 4.14. The fourth-order valence-electron chi connectivity index (χ4n) is 5.34. The van der Waals surface area contributed by atoms with Gasteiger partial charge in [0.2, 0.25) is 0 Å². The number of benzene rings is 4. The van der Waals surface area contributed by atoms with Crippen molar-refractivity contribution >= 4 is 17.9 Å². The van der Waals surface area contributed by atoms with Crippen LogP contribution in [0.25, 0.3) is 10.4 Å². The summed E-state index contributed by atoms with van der Waals surface area (Å²) in [5.74, 6) is 0. The van der Waals surface area contributed by atoms with Crippen molar-refractivity contribution in [3.8, 4) is 0 Å². The third-order valence-corrected chi connectivity index (χ3v) is 9.03. The number of thioether (sulfide) groups is 1. The molecule has 5 rings (SSSR count). The minimum Gasteiger partial charge on any atom is -0.445 e. The molecule has 9 heteroatoms. The molecule has 0 aliphatic carbocycles. The van der Waals surface area contributed by atoms with E-state index in [2.05, 4.69) is 10.0 Å². The van der Waals surface area contributed by atoms with E-state index >= 15 is 0 Å². The summed E-state index contributed by atoms with van der Waals surface area (Å²) < 4.78 is 19.2. The standard InChI is InChI=1S/C36H38N4O4S/c1-26-18-20-31(21-19-26)45-35-32(38-39-37)22-33(42-24-29-14-8-4-9-15-29)34(44-35)27(2)40(23-28-12-6-3-7-13-28)36(41)43-25-30-16-10-5-11-17-30/h3-21,27,32-35H,22-25H2,1-2H3/t27-,32-,33+,34-,35-/m1/s1. The summed E-state index contributed by atoms with van der Waals surface area (Å²) in [6, 6.07) is 36.6. The Hall–Kier alpha value is -4.27. The van der Waals surface area contributed by atoms with Gasteiger partial charge in [-0.25, -0.2) is 4.79 Å². The van der Waals surface area contributed by atoms with E-state index in [1.807, 2.05) is 129 Å². The van der Waals surface area contributed by atoms with Crippen LogP contribution in [-0.2, 0) is 34.0 Å². The summed E-state index contributed by atoms with van der Waals surface area (Å²) in [4.78, 5) is 19.7. The number of amides is 1. The Bertz CT molecular complexity index is 1540. The molecule has 0 spiro atoms. The SMILES string of the molecule is Cc1ccc(S[C@H]2O[C@H]([C@@H](C)N(Cc3ccccc3)C(=O)OCc3ccccc3)[C@@H](OCc3ccccc3)C[C@H]2N=[N+]=[N-])cc1. The molecule has 45 heavy (non-hydrogen) atoms. The lowest BCUT2D eigenvalue weighted by Crippen LogP contribution is -2.56. The quantitative estimate of drug-likeness (QED) is 0.0895. The molecule has 1 fully saturated rings. The van der Waals surface area contributed by atoms with Gasteiger partial charge >= 0.3 is 6.09 Å². The number of ether oxygens (including phenoxy) is 3. The van der Waals surface area contributed by atoms with Crippen LogP contribution in [0.3, 0.4) is 0 Å². The van der Waals surface area contributed by atoms with Crippen LogP contribution >= 0.6 is 11.8 Å². The maximum atomic E-state index is 13.8. The largest absolute Gasteiger partial charge is 0.445 e. The van der Waals surface area contributed by atoms with Crippen LogP contribution in [0.1, 0.15) is 35.6 Å². The molecule has 4 aromatic carbocycles. The molecule has 1 aliphatic rings. The van der Waals surface area contributed by atoms with Crippen LogP contribution in [0, 0.1) is 6.92 Å². The van der Waals surface area contributed by atoms with Gasteiger partial charge in [-0.1, -0.05) is 126 Å². The highest BCUT2D eigenvalue weighted by molar-refractivity contribution is 7.99. The summed E-state index contributed by atoms with van der Waals surface area (Å²) in [5.41, 5.74) is 13.0. The van der Waals surface area contributed by atoms with Gasteiger partial charge in [0.15, 0.2) is 0 Å². The summed E-state index contributed by atoms with van der Waals surface area (Å²) >= 11 is 1.51. The van der Waals surface area contributed by atoms with Crippen molar-refractivity contribution in [2.45, 2.75) is 74.6 Å². The van der Waals surface area contributed by atoms with Crippen LogP contribution in [-0.4, -0.2) is 40.7 Å². The van der Waals surface area contributed by atoms with Crippen LogP contribution in [0.2, 0.25) is 0 Å². The molecule has 1 saturated heterocycles. The number of carbonyl (C=O) groups is 1. The van der Waals surface area contributed by atoms with Crippen LogP contribution in [0.5, 0.6) is 0 Å². The molecule has 5 atom stereocenters. The molecular formula is C36H38N4O4S. The minimum absolute atomic E-state index is 0.155. The van der Waals surface area contributed by atoms with Crippen molar-refractivity contribution < 1.29 is 19.0 Å². The Morgan fingerprint density at radius 1 is 0.911 bits per heavy atom. The predicted molar refractivity (Wildman–Crippen MR) is 176 cm³/mol. The van der Waals surface area contributed by atoms with Gasteiger partial charge in [0, 0.05) is 16.4 Å². The van der Waals surface area contributed by atoms with Crippen molar-refractivity contribution in [2.75, 3.05) is 0 Å². The zero-order valence-electron chi connectivity index (χ0n) is 25.5. The van der Waals surface area contributed by atoms with Crippen molar-refractivity contribution in [1.29, 1.82) is 0 Å². The van der Waals surface area contributed by atoms with Gasteiger partial charge in [0.05, 0.1) is 24.8 Å². The summed E-state index contributed by atoms with van der Waals surface area (Å²) in [6.07, 6.45) is -0.991. The van der Waals surface area contributed by atoms with E-state index in [4.69, 9.17) is 14.2 Å². The maximum absolute atomic E-state index is 13.8. The molecule has 0 radical (unpaired) electrons. The molecule has 0 N–H and O–H groups in total. The van der Waals surface area contributed by atoms with Crippen LogP contribution in [0.4, 0.5) is 4.79 Å². The van der Waals surface area contributed by atoms with Crippen molar-refractivity contribution in [1.82, 2.24) is 4.90 Å². The highest BCUT2D eigenvalue weighted by atomic mass is 32.2. The lowest BCUT2D eigenvalue weighted by molar-refractivity contribution is -0.149. The first kappa shape index (κ1) is 32.1. The zero-order chi connectivity index (χ0) is 31.4. The second-order valence-electron chi connectivity index (χ2n) is 11.1. The van der Waals surface area contributed by atoms with Crippen LogP contribution < -0.4 is 0 Å². The average Bonchev–Trinajstić information content (AvgIpc) is 3.08. The lowest BCUT2D eigenvalue weighted by atomic mass is 9.95. The molecule has 232 valence electrons. The summed E-state index contributed by atoms with van der Waals surface area (Å²) in [6.45, 7) is 4.85. The zero-order valence-corrected chi connectivity index (χ0v) is 26.3. The van der Waals surface area contributed by atoms with Gasteiger partial charge in [0.1, 0.15) is 18.1 Å². The number of nitrogens with zero attached hydrogens (tertiary/aromatic N) is 4. The van der Waals surface area contributed by atoms with Gasteiger partial charge in [-0.2, -0.15) is 0 Å². The monoisotopic (exact) mass is 622 g/mol. The Morgan fingerprint density at radius 3 is 2.09 bits per heavy atom. The molecule has 8 nitrogen and oxygen atoms in total. The predicted octanol–water partition coefficient (Wildman–Crippen LogP) is 8.69. The first-order valence-electron chi connectivity index (χ1n) is 15.1. The average molecular weight is 623 g/mol. The number of azide groups is 1. The Morgan fingerprint density at radius 2 is 1.49 bits per heavy atom. The molecule has 1 amide bonds. The number of hydrogen-bond acceptors (Lipinski definition) is 6. The highest BCUT2D eigenvalue weighted by Crippen LogP contribution is 2.38. The first-order valence-corrected chi connectivity index (χ1v) is 16.0. The van der Waals surface area contributed by atoms with E-state index in [9.17, 15) is 10.3 Å². The van der Waals surface area contributed by atoms with E-state index < -0.39 is 35.8 Å². The Balaban J connectivity index is 1.43. The highest BCUT2D eigenvalue weighted by Gasteiger charge is 2.44. The molecule has 4 aromatic rings. The molecular weight excluding hydrogens is 584 g/mol. The smallest absolute Gasteiger partial charge is 0.410 e. The molecule has 0 saturated carbocycles. The van der Waals surface area contributed by atoms with E-state index in [-0.39, 0.29) is 6.61 Å². The van der Waals surface area contributed by atoms with E-state index in [1.54, 1.807) is 4.90 Å². The van der Waals surface area contributed by atoms with Crippen molar-refractivity contribution in [3.63, 3.8) is 0 Å². The fourth-order valence-corrected chi connectivity index (χ4v) is 6.41. The van der Waals surface area contributed by atoms with E-state index in [0.717, 1.165) is 27.1 Å². The first-order chi connectivity index (χ1) is 22.0. The molecule has 1 heterocycles. The third kappa shape index (κ3) is 9.12. The number of rotatable bonds is 12. The number of hydrogen-bond donors (Lipinski definition) is 0. The van der Waals surface area contributed by atoms with Gasteiger partial charge in [0.25, 0.3) is 0 Å². The normalized spacial score (nSPS) is 20.0. The lowest BCUT2D eigenvalue weighted by Gasteiger charge is -2.44. The molecule has 0 aromatic heterocycles. The maximum Gasteiger partial charge on any atom is 0.410 e. The fraction of sp³-hybridized carbons (Fsp3) is 0.306. The second-order valence-corrected chi connectivity index (χ2v) is 12.3. The van der Waals surface area contributed by atoms with Gasteiger partial charge < -0.3 is 14.2 Å². The molecule has 1 aliphatic heterocycles. The number of aryl methyl sites for hydroxylation is 1. The van der Waals surface area contributed by atoms with Gasteiger partial charge in [-0.05, 0) is 54.6 Å². The topological polar surface area (TPSA) is 96.8 Å². The van der Waals surface area contributed by atoms with Gasteiger partial charge in [-0.3, -0.25) is 4.90 Å². The van der Waals surface area contributed by atoms with E-state index in [1.165, 1.54) is 11.8 Å². The second kappa shape index (κ2) is 16.2. The van der Waals surface area contributed by atoms with Crippen molar-refractivity contribution in [2.24, 2.45) is 5.11 Å². The minimum atomic E-state index is -0.533. The third-order valence-electron chi connectivity index (χ3n) is 7.83. The van der Waals surface area contributed by atoms with E-state index in [0.29, 0.717) is 19.6 Å². The number of carbonyl (C=O) groups excluding carboxylic acids is 1.